The van der Waals surface area contributed by atoms with Gasteiger partial charge in [-0.05, 0) is 12.1 Å². The van der Waals surface area contributed by atoms with E-state index in [0.717, 1.165) is 0 Å². The molecule has 5 nitrogen and oxygen atoms in total. The molecule has 1 rings (SSSR count). The molecule has 62 valence electrons. The minimum atomic E-state index is 0. The first-order valence-electron chi connectivity index (χ1n) is 2.71. The van der Waals surface area contributed by atoms with E-state index < -0.39 is 0 Å². The number of nitriles is 2. The summed E-state index contributed by atoms with van der Waals surface area (Å²) in [5.74, 6) is 0. The average Bonchev–Trinajstić information content (AvgIpc) is 2.10. The standard InChI is InChI=1S/C5H5N.2CHNO.Zn/c1-2-4-6-5-3-1;2*2-1-3;/h1-5H;2*3H;/q;;;+2/p-2. The molecule has 13 heavy (non-hydrogen) atoms. The van der Waals surface area contributed by atoms with Crippen molar-refractivity contribution >= 4 is 0 Å². The first kappa shape index (κ1) is 17.4. The van der Waals surface area contributed by atoms with E-state index in [-0.39, 0.29) is 19.5 Å². The first-order valence-corrected chi connectivity index (χ1v) is 2.71. The monoisotopic (exact) mass is 227 g/mol. The molecule has 0 unspecified atom stereocenters. The van der Waals surface area contributed by atoms with Crippen LogP contribution < -0.4 is 10.2 Å². The zero-order valence-corrected chi connectivity index (χ0v) is 9.72. The first-order chi connectivity index (χ1) is 5.83. The Morgan fingerprint density at radius 1 is 0.923 bits per heavy atom. The van der Waals surface area contributed by atoms with Crippen molar-refractivity contribution in [2.24, 2.45) is 0 Å². The maximum absolute atomic E-state index is 8.24. The molecule has 1 aromatic heterocycles. The Balaban J connectivity index is -0.000000126. The number of hydrogen-bond acceptors (Lipinski definition) is 5. The van der Waals surface area contributed by atoms with Gasteiger partial charge >= 0.3 is 19.5 Å². The molecule has 0 aliphatic rings. The Kier molecular flexibility index (Phi) is 30.1. The fraction of sp³-hybridized carbons (Fsp3) is 0. The molecule has 0 spiro atoms. The molecule has 1 heterocycles. The van der Waals surface area contributed by atoms with E-state index in [1.165, 1.54) is 0 Å². The SMILES string of the molecule is N#C[O-].N#C[O-].[Zn+2].c1ccncc1. The molecule has 0 radical (unpaired) electrons. The summed E-state index contributed by atoms with van der Waals surface area (Å²) in [7, 11) is 0. The molecule has 0 atom stereocenters. The molecular formula is C7H5N3O2Zn. The third-order valence-electron chi connectivity index (χ3n) is 0.566. The third kappa shape index (κ3) is 38.1. The maximum atomic E-state index is 8.24. The van der Waals surface area contributed by atoms with Gasteiger partial charge in [-0.2, -0.15) is 0 Å². The molecular weight excluding hydrogens is 223 g/mol. The maximum Gasteiger partial charge on any atom is 2.00 e. The van der Waals surface area contributed by atoms with E-state index in [1.807, 2.05) is 18.2 Å². The molecule has 0 bridgehead atoms. The van der Waals surface area contributed by atoms with Crippen LogP contribution in [0.3, 0.4) is 0 Å². The van der Waals surface area contributed by atoms with E-state index >= 15 is 0 Å². The molecule has 0 amide bonds. The normalized spacial score (nSPS) is 4.77. The second-order valence-corrected chi connectivity index (χ2v) is 1.21. The van der Waals surface area contributed by atoms with E-state index in [9.17, 15) is 0 Å². The van der Waals surface area contributed by atoms with Crippen molar-refractivity contribution in [3.63, 3.8) is 0 Å². The van der Waals surface area contributed by atoms with Gasteiger partial charge < -0.3 is 10.2 Å². The van der Waals surface area contributed by atoms with Crippen molar-refractivity contribution in [3.05, 3.63) is 30.6 Å². The largest absolute Gasteiger partial charge is 2.00 e. The average molecular weight is 229 g/mol. The summed E-state index contributed by atoms with van der Waals surface area (Å²) >= 11 is 0. The quantitative estimate of drug-likeness (QED) is 0.407. The topological polar surface area (TPSA) is 107 Å². The minimum Gasteiger partial charge on any atom is -0.812 e. The van der Waals surface area contributed by atoms with Gasteiger partial charge in [-0.1, -0.05) is 6.07 Å². The van der Waals surface area contributed by atoms with Gasteiger partial charge in [0.25, 0.3) is 0 Å². The van der Waals surface area contributed by atoms with Crippen LogP contribution in [0.2, 0.25) is 0 Å². The summed E-state index contributed by atoms with van der Waals surface area (Å²) in [5.41, 5.74) is 0. The van der Waals surface area contributed by atoms with Gasteiger partial charge in [0.15, 0.2) is 0 Å². The van der Waals surface area contributed by atoms with Crippen molar-refractivity contribution in [1.82, 2.24) is 4.98 Å². The number of pyridine rings is 1. The molecule has 0 aliphatic heterocycles. The van der Waals surface area contributed by atoms with Crippen LogP contribution in [-0.4, -0.2) is 4.98 Å². The van der Waals surface area contributed by atoms with Crippen molar-refractivity contribution in [2.75, 3.05) is 0 Å². The predicted molar refractivity (Wildman–Crippen MR) is 35.5 cm³/mol. The van der Waals surface area contributed by atoms with E-state index in [1.54, 1.807) is 12.4 Å². The van der Waals surface area contributed by atoms with Gasteiger partial charge in [-0.3, -0.25) is 4.98 Å². The molecule has 1 aromatic rings. The number of rotatable bonds is 0. The minimum absolute atomic E-state index is 0. The Bertz CT molecular complexity index is 203. The second kappa shape index (κ2) is 22.4. The molecule has 0 aromatic carbocycles. The number of hydrogen-bond donors (Lipinski definition) is 0. The van der Waals surface area contributed by atoms with Gasteiger partial charge in [0, 0.05) is 24.9 Å². The van der Waals surface area contributed by atoms with E-state index in [0.29, 0.717) is 12.5 Å². The van der Waals surface area contributed by atoms with Crippen LogP contribution in [0.1, 0.15) is 0 Å². The van der Waals surface area contributed by atoms with Crippen molar-refractivity contribution in [3.8, 4) is 12.5 Å². The molecule has 0 aliphatic carbocycles. The summed E-state index contributed by atoms with van der Waals surface area (Å²) in [6.07, 6.45) is 4.50. The van der Waals surface area contributed by atoms with Crippen molar-refractivity contribution in [2.45, 2.75) is 0 Å². The number of nitrogens with zero attached hydrogens (tertiary/aromatic N) is 3. The fourth-order valence-corrected chi connectivity index (χ4v) is 0.313. The smallest absolute Gasteiger partial charge is 0.812 e. The summed E-state index contributed by atoms with van der Waals surface area (Å²) < 4.78 is 0. The van der Waals surface area contributed by atoms with Crippen LogP contribution in [-0.2, 0) is 19.5 Å². The third-order valence-corrected chi connectivity index (χ3v) is 0.566. The van der Waals surface area contributed by atoms with Gasteiger partial charge in [-0.15, -0.1) is 0 Å². The Labute approximate surface area is 88.6 Å². The van der Waals surface area contributed by atoms with Crippen LogP contribution in [0.25, 0.3) is 0 Å². The second-order valence-electron chi connectivity index (χ2n) is 1.21. The molecule has 0 saturated heterocycles. The molecule has 0 saturated carbocycles. The Morgan fingerprint density at radius 3 is 1.31 bits per heavy atom. The van der Waals surface area contributed by atoms with Gasteiger partial charge in [0.1, 0.15) is 0 Å². The van der Waals surface area contributed by atoms with Crippen LogP contribution in [0, 0.1) is 23.0 Å². The fourth-order valence-electron chi connectivity index (χ4n) is 0.313. The van der Waals surface area contributed by atoms with Crippen molar-refractivity contribution < 1.29 is 29.7 Å². The van der Waals surface area contributed by atoms with Gasteiger partial charge in [0.05, 0.1) is 0 Å². The summed E-state index contributed by atoms with van der Waals surface area (Å²) in [6.45, 7) is 0. The zero-order valence-electron chi connectivity index (χ0n) is 6.75. The van der Waals surface area contributed by atoms with Crippen LogP contribution in [0.4, 0.5) is 0 Å². The van der Waals surface area contributed by atoms with Crippen LogP contribution >= 0.6 is 0 Å². The molecule has 0 fully saturated rings. The van der Waals surface area contributed by atoms with Crippen molar-refractivity contribution in [1.29, 1.82) is 10.5 Å². The molecule has 6 heteroatoms. The van der Waals surface area contributed by atoms with E-state index in [2.05, 4.69) is 4.98 Å². The Morgan fingerprint density at radius 2 is 1.23 bits per heavy atom. The van der Waals surface area contributed by atoms with Crippen LogP contribution in [0.15, 0.2) is 30.6 Å². The summed E-state index contributed by atoms with van der Waals surface area (Å²) in [4.78, 5) is 3.78. The zero-order chi connectivity index (χ0) is 9.66. The summed E-state index contributed by atoms with van der Waals surface area (Å²) in [5, 5.41) is 30.0. The Hall–Kier alpha value is -1.65. The predicted octanol–water partition coefficient (Wildman–Crippen LogP) is -1.27. The van der Waals surface area contributed by atoms with Gasteiger partial charge in [-0.25, -0.2) is 10.5 Å². The number of aromatic nitrogens is 1. The van der Waals surface area contributed by atoms with Gasteiger partial charge in [0.2, 0.25) is 0 Å². The van der Waals surface area contributed by atoms with Crippen LogP contribution in [0.5, 0.6) is 0 Å². The molecule has 0 N–H and O–H groups in total. The summed E-state index contributed by atoms with van der Waals surface area (Å²) in [6, 6.07) is 5.72. The van der Waals surface area contributed by atoms with E-state index in [4.69, 9.17) is 20.7 Å².